The Balaban J connectivity index is 2.28. The van der Waals surface area contributed by atoms with Crippen LogP contribution in [-0.4, -0.2) is 16.1 Å². The molecule has 0 aliphatic carbocycles. The summed E-state index contributed by atoms with van der Waals surface area (Å²) in [5.41, 5.74) is 2.68. The van der Waals surface area contributed by atoms with Crippen LogP contribution in [0.4, 0.5) is 0 Å². The summed E-state index contributed by atoms with van der Waals surface area (Å²) in [5.74, 6) is -0.975. The number of thiazole rings is 1. The van der Waals surface area contributed by atoms with Crippen molar-refractivity contribution in [2.24, 2.45) is 0 Å². The van der Waals surface area contributed by atoms with Crippen LogP contribution in [0.3, 0.4) is 0 Å². The summed E-state index contributed by atoms with van der Waals surface area (Å²) in [7, 11) is 0. The number of hydrogen-bond donors (Lipinski definition) is 1. The van der Waals surface area contributed by atoms with Gasteiger partial charge in [-0.3, -0.25) is 0 Å². The topological polar surface area (TPSA) is 50.2 Å². The summed E-state index contributed by atoms with van der Waals surface area (Å²) in [6, 6.07) is 7.98. The summed E-state index contributed by atoms with van der Waals surface area (Å²) in [6.45, 7) is 0. The van der Waals surface area contributed by atoms with E-state index in [-0.39, 0.29) is 5.69 Å². The van der Waals surface area contributed by atoms with E-state index in [0.29, 0.717) is 0 Å². The standard InChI is InChI=1S/C12H7NO2S2/c14-12(15)10-11(17-6-13-10)8-5-16-9-4-2-1-3-7(8)9/h1-6H,(H,14,15). The van der Waals surface area contributed by atoms with E-state index in [2.05, 4.69) is 4.98 Å². The lowest BCUT2D eigenvalue weighted by molar-refractivity contribution is 0.0692. The number of hydrogen-bond acceptors (Lipinski definition) is 4. The fourth-order valence-corrected chi connectivity index (χ4v) is 3.58. The molecule has 3 rings (SSSR count). The minimum Gasteiger partial charge on any atom is -0.476 e. The number of aromatic nitrogens is 1. The Hall–Kier alpha value is -1.72. The first-order valence-corrected chi connectivity index (χ1v) is 6.66. The van der Waals surface area contributed by atoms with Gasteiger partial charge in [0.15, 0.2) is 5.69 Å². The molecular weight excluding hydrogens is 254 g/mol. The molecular formula is C12H7NO2S2. The van der Waals surface area contributed by atoms with Crippen molar-refractivity contribution in [3.8, 4) is 10.4 Å². The second-order valence-electron chi connectivity index (χ2n) is 3.48. The van der Waals surface area contributed by atoms with Gasteiger partial charge in [0, 0.05) is 21.0 Å². The average Bonchev–Trinajstić information content (AvgIpc) is 2.94. The first kappa shape index (κ1) is 10.4. The molecule has 0 amide bonds. The van der Waals surface area contributed by atoms with Gasteiger partial charge in [-0.05, 0) is 6.07 Å². The van der Waals surface area contributed by atoms with Crippen LogP contribution in [0.1, 0.15) is 10.5 Å². The third-order valence-corrected chi connectivity index (χ3v) is 4.32. The molecule has 17 heavy (non-hydrogen) atoms. The number of benzene rings is 1. The second kappa shape index (κ2) is 3.94. The molecule has 0 radical (unpaired) electrons. The van der Waals surface area contributed by atoms with Crippen LogP contribution in [0.5, 0.6) is 0 Å². The maximum atomic E-state index is 11.1. The van der Waals surface area contributed by atoms with E-state index in [1.165, 1.54) is 11.3 Å². The largest absolute Gasteiger partial charge is 0.476 e. The monoisotopic (exact) mass is 261 g/mol. The van der Waals surface area contributed by atoms with Gasteiger partial charge in [0.2, 0.25) is 0 Å². The van der Waals surface area contributed by atoms with Crippen LogP contribution in [0, 0.1) is 0 Å². The normalized spacial score (nSPS) is 10.8. The quantitative estimate of drug-likeness (QED) is 0.764. The molecule has 0 aliphatic rings. The van der Waals surface area contributed by atoms with E-state index in [1.54, 1.807) is 16.8 Å². The van der Waals surface area contributed by atoms with E-state index in [1.807, 2.05) is 29.6 Å². The Morgan fingerprint density at radius 1 is 1.24 bits per heavy atom. The molecule has 1 N–H and O–H groups in total. The van der Waals surface area contributed by atoms with Crippen LogP contribution < -0.4 is 0 Å². The highest BCUT2D eigenvalue weighted by Gasteiger charge is 2.17. The lowest BCUT2D eigenvalue weighted by Crippen LogP contribution is -1.97. The van der Waals surface area contributed by atoms with Crippen LogP contribution >= 0.6 is 22.7 Å². The number of carboxylic acid groups (broad SMARTS) is 1. The molecule has 0 spiro atoms. The van der Waals surface area contributed by atoms with Crippen molar-refractivity contribution in [1.82, 2.24) is 4.98 Å². The molecule has 2 aromatic heterocycles. The lowest BCUT2D eigenvalue weighted by Gasteiger charge is -1.97. The number of fused-ring (bicyclic) bond motifs is 1. The fraction of sp³-hybridized carbons (Fsp3) is 0. The first-order chi connectivity index (χ1) is 8.27. The Bertz CT molecular complexity index is 699. The highest BCUT2D eigenvalue weighted by molar-refractivity contribution is 7.19. The van der Waals surface area contributed by atoms with Gasteiger partial charge in [-0.2, -0.15) is 0 Å². The molecule has 5 heteroatoms. The summed E-state index contributed by atoms with van der Waals surface area (Å²) < 4.78 is 1.16. The maximum absolute atomic E-state index is 11.1. The van der Waals surface area contributed by atoms with Gasteiger partial charge in [-0.25, -0.2) is 9.78 Å². The minimum absolute atomic E-state index is 0.138. The van der Waals surface area contributed by atoms with Crippen molar-refractivity contribution in [3.63, 3.8) is 0 Å². The van der Waals surface area contributed by atoms with Gasteiger partial charge in [0.25, 0.3) is 0 Å². The molecule has 0 saturated heterocycles. The predicted octanol–water partition coefficient (Wildman–Crippen LogP) is 3.72. The number of nitrogens with zero attached hydrogens (tertiary/aromatic N) is 1. The summed E-state index contributed by atoms with van der Waals surface area (Å²) in [5, 5.41) is 12.2. The molecule has 0 aliphatic heterocycles. The van der Waals surface area contributed by atoms with Crippen molar-refractivity contribution in [2.45, 2.75) is 0 Å². The second-order valence-corrected chi connectivity index (χ2v) is 5.25. The number of thiophene rings is 1. The third kappa shape index (κ3) is 1.64. The maximum Gasteiger partial charge on any atom is 0.356 e. The van der Waals surface area contributed by atoms with Crippen LogP contribution in [0.2, 0.25) is 0 Å². The molecule has 2 heterocycles. The van der Waals surface area contributed by atoms with Gasteiger partial charge in [-0.15, -0.1) is 22.7 Å². The zero-order valence-electron chi connectivity index (χ0n) is 8.58. The van der Waals surface area contributed by atoms with Crippen molar-refractivity contribution < 1.29 is 9.90 Å². The van der Waals surface area contributed by atoms with Crippen LogP contribution in [0.25, 0.3) is 20.5 Å². The zero-order valence-corrected chi connectivity index (χ0v) is 10.2. The number of aromatic carboxylic acids is 1. The van der Waals surface area contributed by atoms with Gasteiger partial charge in [0.1, 0.15) is 0 Å². The predicted molar refractivity (Wildman–Crippen MR) is 69.9 cm³/mol. The highest BCUT2D eigenvalue weighted by atomic mass is 32.1. The molecule has 84 valence electrons. The summed E-state index contributed by atoms with van der Waals surface area (Å²) in [4.78, 5) is 15.7. The molecule has 3 aromatic rings. The average molecular weight is 261 g/mol. The Labute approximate surface area is 105 Å². The Kier molecular flexibility index (Phi) is 2.42. The highest BCUT2D eigenvalue weighted by Crippen LogP contribution is 2.37. The summed E-state index contributed by atoms with van der Waals surface area (Å²) in [6.07, 6.45) is 0. The van der Waals surface area contributed by atoms with Gasteiger partial charge in [0.05, 0.1) is 10.4 Å². The van der Waals surface area contributed by atoms with E-state index < -0.39 is 5.97 Å². The van der Waals surface area contributed by atoms with Gasteiger partial charge < -0.3 is 5.11 Å². The SMILES string of the molecule is O=C(O)c1ncsc1-c1csc2ccccc12. The van der Waals surface area contributed by atoms with Crippen molar-refractivity contribution in [1.29, 1.82) is 0 Å². The Morgan fingerprint density at radius 3 is 2.88 bits per heavy atom. The van der Waals surface area contributed by atoms with E-state index in [4.69, 9.17) is 5.11 Å². The van der Waals surface area contributed by atoms with Crippen molar-refractivity contribution in [3.05, 3.63) is 40.8 Å². The fourth-order valence-electron chi connectivity index (χ4n) is 1.74. The van der Waals surface area contributed by atoms with Gasteiger partial charge in [-0.1, -0.05) is 18.2 Å². The summed E-state index contributed by atoms with van der Waals surface area (Å²) >= 11 is 2.98. The molecule has 0 unspecified atom stereocenters. The number of carboxylic acids is 1. The van der Waals surface area contributed by atoms with E-state index >= 15 is 0 Å². The lowest BCUT2D eigenvalue weighted by atomic mass is 10.1. The van der Waals surface area contributed by atoms with Crippen molar-refractivity contribution in [2.75, 3.05) is 0 Å². The van der Waals surface area contributed by atoms with E-state index in [0.717, 1.165) is 20.5 Å². The van der Waals surface area contributed by atoms with Crippen LogP contribution in [-0.2, 0) is 0 Å². The number of carbonyl (C=O) groups is 1. The Morgan fingerprint density at radius 2 is 2.06 bits per heavy atom. The van der Waals surface area contributed by atoms with Crippen molar-refractivity contribution >= 4 is 38.7 Å². The first-order valence-electron chi connectivity index (χ1n) is 4.91. The number of rotatable bonds is 2. The third-order valence-electron chi connectivity index (χ3n) is 2.50. The van der Waals surface area contributed by atoms with Gasteiger partial charge >= 0.3 is 5.97 Å². The molecule has 0 atom stereocenters. The van der Waals surface area contributed by atoms with E-state index in [9.17, 15) is 4.79 Å². The minimum atomic E-state index is -0.975. The molecule has 0 bridgehead atoms. The smallest absolute Gasteiger partial charge is 0.356 e. The molecule has 0 fully saturated rings. The zero-order chi connectivity index (χ0) is 11.8. The molecule has 3 nitrogen and oxygen atoms in total. The molecule has 1 aromatic carbocycles. The molecule has 0 saturated carbocycles. The van der Waals surface area contributed by atoms with Crippen LogP contribution in [0.15, 0.2) is 35.2 Å².